The highest BCUT2D eigenvalue weighted by Crippen LogP contribution is 2.20. The van der Waals surface area contributed by atoms with Crippen LogP contribution in [0.15, 0.2) is 12.1 Å². The summed E-state index contributed by atoms with van der Waals surface area (Å²) >= 11 is 0. The standard InChI is InChI=1S/C10H9N3/c1-6-3-7(2)10-8(4-6)9(5-11)12-13-10/h3-4H,1-2H3,(H,12,13). The van der Waals surface area contributed by atoms with Crippen molar-refractivity contribution >= 4 is 10.9 Å². The highest BCUT2D eigenvalue weighted by molar-refractivity contribution is 5.86. The van der Waals surface area contributed by atoms with Gasteiger partial charge in [-0.05, 0) is 25.5 Å². The molecule has 1 N–H and O–H groups in total. The van der Waals surface area contributed by atoms with Crippen LogP contribution in [0.2, 0.25) is 0 Å². The summed E-state index contributed by atoms with van der Waals surface area (Å²) in [6.07, 6.45) is 0. The predicted molar refractivity (Wildman–Crippen MR) is 50.3 cm³/mol. The third-order valence-electron chi connectivity index (χ3n) is 2.12. The lowest BCUT2D eigenvalue weighted by Gasteiger charge is -1.97. The molecule has 0 radical (unpaired) electrons. The number of rotatable bonds is 0. The molecule has 1 heterocycles. The molecule has 2 rings (SSSR count). The van der Waals surface area contributed by atoms with Crippen molar-refractivity contribution in [2.75, 3.05) is 0 Å². The van der Waals surface area contributed by atoms with Gasteiger partial charge in [0.25, 0.3) is 0 Å². The SMILES string of the molecule is Cc1cc(C)c2[nH]nc(C#N)c2c1. The van der Waals surface area contributed by atoms with Crippen LogP contribution in [-0.4, -0.2) is 10.2 Å². The summed E-state index contributed by atoms with van der Waals surface area (Å²) in [7, 11) is 0. The number of aromatic nitrogens is 2. The van der Waals surface area contributed by atoms with Gasteiger partial charge in [0.05, 0.1) is 5.52 Å². The zero-order valence-electron chi connectivity index (χ0n) is 7.55. The number of nitrogens with zero attached hydrogens (tertiary/aromatic N) is 2. The second-order valence-corrected chi connectivity index (χ2v) is 3.19. The molecule has 0 amide bonds. The Morgan fingerprint density at radius 3 is 2.85 bits per heavy atom. The van der Waals surface area contributed by atoms with E-state index in [0.717, 1.165) is 22.0 Å². The number of aromatic amines is 1. The maximum Gasteiger partial charge on any atom is 0.170 e. The van der Waals surface area contributed by atoms with Crippen molar-refractivity contribution in [1.82, 2.24) is 10.2 Å². The van der Waals surface area contributed by atoms with Crippen molar-refractivity contribution in [3.05, 3.63) is 29.0 Å². The fourth-order valence-corrected chi connectivity index (χ4v) is 1.56. The third-order valence-corrected chi connectivity index (χ3v) is 2.12. The first-order valence-electron chi connectivity index (χ1n) is 4.08. The average Bonchev–Trinajstić information content (AvgIpc) is 2.47. The maximum absolute atomic E-state index is 8.77. The van der Waals surface area contributed by atoms with Crippen molar-refractivity contribution in [3.8, 4) is 6.07 Å². The van der Waals surface area contributed by atoms with E-state index in [1.807, 2.05) is 19.9 Å². The highest BCUT2D eigenvalue weighted by atomic mass is 15.1. The summed E-state index contributed by atoms with van der Waals surface area (Å²) in [5.41, 5.74) is 3.72. The Morgan fingerprint density at radius 2 is 2.15 bits per heavy atom. The highest BCUT2D eigenvalue weighted by Gasteiger charge is 2.06. The van der Waals surface area contributed by atoms with Crippen LogP contribution in [0, 0.1) is 25.2 Å². The van der Waals surface area contributed by atoms with Gasteiger partial charge < -0.3 is 0 Å². The Kier molecular flexibility index (Phi) is 1.56. The minimum Gasteiger partial charge on any atom is -0.276 e. The molecule has 0 spiro atoms. The van der Waals surface area contributed by atoms with Crippen LogP contribution in [0.5, 0.6) is 0 Å². The number of benzene rings is 1. The number of aryl methyl sites for hydroxylation is 2. The van der Waals surface area contributed by atoms with Crippen molar-refractivity contribution in [2.45, 2.75) is 13.8 Å². The van der Waals surface area contributed by atoms with Crippen LogP contribution in [0.4, 0.5) is 0 Å². The molecule has 0 atom stereocenters. The molecule has 1 aromatic carbocycles. The van der Waals surface area contributed by atoms with E-state index in [4.69, 9.17) is 5.26 Å². The van der Waals surface area contributed by atoms with Crippen molar-refractivity contribution in [2.24, 2.45) is 0 Å². The minimum atomic E-state index is 0.474. The summed E-state index contributed by atoms with van der Waals surface area (Å²) in [5, 5.41) is 16.5. The van der Waals surface area contributed by atoms with E-state index in [1.165, 1.54) is 0 Å². The fraction of sp³-hybridized carbons (Fsp3) is 0.200. The second kappa shape index (κ2) is 2.60. The van der Waals surface area contributed by atoms with E-state index >= 15 is 0 Å². The average molecular weight is 171 g/mol. The van der Waals surface area contributed by atoms with E-state index < -0.39 is 0 Å². The second-order valence-electron chi connectivity index (χ2n) is 3.19. The minimum absolute atomic E-state index is 0.474. The van der Waals surface area contributed by atoms with Gasteiger partial charge in [0.1, 0.15) is 6.07 Å². The molecule has 0 saturated heterocycles. The lowest BCUT2D eigenvalue weighted by molar-refractivity contribution is 1.09. The number of H-pyrrole nitrogens is 1. The molecule has 0 fully saturated rings. The van der Waals surface area contributed by atoms with Crippen LogP contribution in [0.1, 0.15) is 16.8 Å². The van der Waals surface area contributed by atoms with Gasteiger partial charge in [-0.1, -0.05) is 11.6 Å². The number of hydrogen-bond acceptors (Lipinski definition) is 2. The lowest BCUT2D eigenvalue weighted by atomic mass is 10.1. The molecule has 0 aliphatic carbocycles. The monoisotopic (exact) mass is 171 g/mol. The molecule has 3 heteroatoms. The van der Waals surface area contributed by atoms with Gasteiger partial charge in [0, 0.05) is 5.39 Å². The first-order chi connectivity index (χ1) is 6.22. The number of nitriles is 1. The largest absolute Gasteiger partial charge is 0.276 e. The van der Waals surface area contributed by atoms with Gasteiger partial charge in [-0.3, -0.25) is 5.10 Å². The normalized spacial score (nSPS) is 10.2. The predicted octanol–water partition coefficient (Wildman–Crippen LogP) is 2.05. The number of nitrogens with one attached hydrogen (secondary N) is 1. The van der Waals surface area contributed by atoms with Gasteiger partial charge in [0.2, 0.25) is 0 Å². The molecule has 1 aromatic heterocycles. The van der Waals surface area contributed by atoms with Crippen molar-refractivity contribution < 1.29 is 0 Å². The van der Waals surface area contributed by atoms with Crippen LogP contribution in [-0.2, 0) is 0 Å². The molecule has 0 unspecified atom stereocenters. The molecule has 3 nitrogen and oxygen atoms in total. The number of hydrogen-bond donors (Lipinski definition) is 1. The molecule has 64 valence electrons. The fourth-order valence-electron chi connectivity index (χ4n) is 1.56. The summed E-state index contributed by atoms with van der Waals surface area (Å²) in [5.74, 6) is 0. The summed E-state index contributed by atoms with van der Waals surface area (Å²) in [6.45, 7) is 4.02. The van der Waals surface area contributed by atoms with Gasteiger partial charge in [-0.2, -0.15) is 10.4 Å². The first kappa shape index (κ1) is 7.81. The Bertz CT molecular complexity index is 503. The van der Waals surface area contributed by atoms with E-state index in [0.29, 0.717) is 5.69 Å². The lowest BCUT2D eigenvalue weighted by Crippen LogP contribution is -1.79. The maximum atomic E-state index is 8.77. The van der Waals surface area contributed by atoms with Crippen molar-refractivity contribution in [3.63, 3.8) is 0 Å². The third kappa shape index (κ3) is 1.07. The Hall–Kier alpha value is -1.82. The molecule has 2 aromatic rings. The Morgan fingerprint density at radius 1 is 1.38 bits per heavy atom. The van der Waals surface area contributed by atoms with E-state index in [9.17, 15) is 0 Å². The first-order valence-corrected chi connectivity index (χ1v) is 4.08. The van der Waals surface area contributed by atoms with Gasteiger partial charge in [-0.25, -0.2) is 0 Å². The van der Waals surface area contributed by atoms with Crippen LogP contribution < -0.4 is 0 Å². The topological polar surface area (TPSA) is 52.5 Å². The number of fused-ring (bicyclic) bond motifs is 1. The Labute approximate surface area is 76.0 Å². The Balaban J connectivity index is 2.92. The van der Waals surface area contributed by atoms with Crippen LogP contribution >= 0.6 is 0 Å². The van der Waals surface area contributed by atoms with Gasteiger partial charge in [-0.15, -0.1) is 0 Å². The van der Waals surface area contributed by atoms with Crippen LogP contribution in [0.3, 0.4) is 0 Å². The zero-order chi connectivity index (χ0) is 9.42. The van der Waals surface area contributed by atoms with E-state index in [2.05, 4.69) is 22.3 Å². The molecule has 0 bridgehead atoms. The van der Waals surface area contributed by atoms with E-state index in [-0.39, 0.29) is 0 Å². The molecule has 13 heavy (non-hydrogen) atoms. The zero-order valence-corrected chi connectivity index (χ0v) is 7.55. The molecular formula is C10H9N3. The molecule has 0 saturated carbocycles. The van der Waals surface area contributed by atoms with Crippen LogP contribution in [0.25, 0.3) is 10.9 Å². The molecule has 0 aliphatic heterocycles. The summed E-state index contributed by atoms with van der Waals surface area (Å²) < 4.78 is 0. The van der Waals surface area contributed by atoms with Crippen molar-refractivity contribution in [1.29, 1.82) is 5.26 Å². The molecular weight excluding hydrogens is 162 g/mol. The quantitative estimate of drug-likeness (QED) is 0.659. The van der Waals surface area contributed by atoms with E-state index in [1.54, 1.807) is 0 Å². The summed E-state index contributed by atoms with van der Waals surface area (Å²) in [6, 6.07) is 6.11. The summed E-state index contributed by atoms with van der Waals surface area (Å²) in [4.78, 5) is 0. The van der Waals surface area contributed by atoms with Gasteiger partial charge in [0.15, 0.2) is 5.69 Å². The molecule has 0 aliphatic rings. The van der Waals surface area contributed by atoms with Gasteiger partial charge >= 0.3 is 0 Å². The smallest absolute Gasteiger partial charge is 0.170 e.